The summed E-state index contributed by atoms with van der Waals surface area (Å²) < 4.78 is 63.7. The van der Waals surface area contributed by atoms with Crippen LogP contribution in [0.4, 0.5) is 13.2 Å². The van der Waals surface area contributed by atoms with Gasteiger partial charge >= 0.3 is 6.18 Å². The summed E-state index contributed by atoms with van der Waals surface area (Å²) in [5.74, 6) is -0.457. The number of benzene rings is 1. The van der Waals surface area contributed by atoms with E-state index in [0.717, 1.165) is 29.8 Å². The van der Waals surface area contributed by atoms with Gasteiger partial charge in [0.05, 0.1) is 11.3 Å². The van der Waals surface area contributed by atoms with Crippen LogP contribution < -0.4 is 4.72 Å². The van der Waals surface area contributed by atoms with Crippen molar-refractivity contribution in [3.63, 3.8) is 0 Å². The Morgan fingerprint density at radius 2 is 1.83 bits per heavy atom. The predicted molar refractivity (Wildman–Crippen MR) is 86.1 cm³/mol. The van der Waals surface area contributed by atoms with Gasteiger partial charge in [0.25, 0.3) is 0 Å². The van der Waals surface area contributed by atoms with Crippen LogP contribution in [-0.4, -0.2) is 20.1 Å². The number of aliphatic hydroxyl groups is 1. The van der Waals surface area contributed by atoms with Crippen molar-refractivity contribution in [1.29, 1.82) is 0 Å². The Bertz CT molecular complexity index is 783. The Morgan fingerprint density at radius 3 is 2.33 bits per heavy atom. The molecule has 2 rings (SSSR count). The van der Waals surface area contributed by atoms with Gasteiger partial charge in [0.1, 0.15) is 6.10 Å². The molecule has 0 aliphatic heterocycles. The molecule has 132 valence electrons. The van der Waals surface area contributed by atoms with Gasteiger partial charge in [0.15, 0.2) is 0 Å². The van der Waals surface area contributed by atoms with Crippen LogP contribution in [0.5, 0.6) is 0 Å². The summed E-state index contributed by atoms with van der Waals surface area (Å²) in [5, 5.41) is 11.8. The molecule has 1 atom stereocenters. The molecule has 0 unspecified atom stereocenters. The molecule has 2 N–H and O–H groups in total. The monoisotopic (exact) mass is 379 g/mol. The highest BCUT2D eigenvalue weighted by molar-refractivity contribution is 7.88. The van der Waals surface area contributed by atoms with E-state index in [1.807, 2.05) is 13.0 Å². The van der Waals surface area contributed by atoms with Crippen molar-refractivity contribution in [1.82, 2.24) is 4.72 Å². The zero-order valence-electron chi connectivity index (χ0n) is 12.7. The molecule has 1 aromatic heterocycles. The molecule has 0 aliphatic carbocycles. The molecule has 9 heteroatoms. The molecule has 0 bridgehead atoms. The maximum atomic E-state index is 12.5. The summed E-state index contributed by atoms with van der Waals surface area (Å²) in [6.07, 6.45) is -5.43. The first kappa shape index (κ1) is 18.9. The van der Waals surface area contributed by atoms with Crippen molar-refractivity contribution in [3.8, 4) is 0 Å². The zero-order valence-corrected chi connectivity index (χ0v) is 14.3. The van der Waals surface area contributed by atoms with Gasteiger partial charge in [0, 0.05) is 11.4 Å². The van der Waals surface area contributed by atoms with Crippen LogP contribution in [0.3, 0.4) is 0 Å². The number of halogens is 3. The first-order valence-electron chi connectivity index (χ1n) is 6.94. The highest BCUT2D eigenvalue weighted by Crippen LogP contribution is 2.29. The molecule has 24 heavy (non-hydrogen) atoms. The summed E-state index contributed by atoms with van der Waals surface area (Å²) in [7, 11) is -3.77. The molecule has 0 amide bonds. The zero-order chi connectivity index (χ0) is 18.0. The molecule has 2 aromatic rings. The maximum absolute atomic E-state index is 12.5. The van der Waals surface area contributed by atoms with Crippen LogP contribution in [0.25, 0.3) is 0 Å². The summed E-state index contributed by atoms with van der Waals surface area (Å²) in [6, 6.07) is 5.76. The lowest BCUT2D eigenvalue weighted by atomic mass is 10.1. The smallest absolute Gasteiger partial charge is 0.386 e. The van der Waals surface area contributed by atoms with Crippen LogP contribution in [0.15, 0.2) is 35.7 Å². The molecular formula is C15H16F3NO3S2. The van der Waals surface area contributed by atoms with Gasteiger partial charge < -0.3 is 5.11 Å². The number of thiophene rings is 1. The quantitative estimate of drug-likeness (QED) is 0.810. The second kappa shape index (κ2) is 7.22. The molecule has 0 aliphatic rings. The van der Waals surface area contributed by atoms with Gasteiger partial charge in [-0.15, -0.1) is 11.3 Å². The Labute approximate surface area is 142 Å². The summed E-state index contributed by atoms with van der Waals surface area (Å²) in [5.41, 5.74) is 0.270. The lowest BCUT2D eigenvalue weighted by molar-refractivity contribution is -0.137. The van der Waals surface area contributed by atoms with Crippen molar-refractivity contribution < 1.29 is 26.7 Å². The number of hydrogen-bond acceptors (Lipinski definition) is 4. The molecule has 4 nitrogen and oxygen atoms in total. The Morgan fingerprint density at radius 1 is 1.21 bits per heavy atom. The topological polar surface area (TPSA) is 66.4 Å². The molecule has 0 spiro atoms. The number of hydrogen-bond donors (Lipinski definition) is 2. The van der Waals surface area contributed by atoms with Gasteiger partial charge in [-0.3, -0.25) is 0 Å². The fraction of sp³-hybridized carbons (Fsp3) is 0.333. The van der Waals surface area contributed by atoms with Crippen molar-refractivity contribution in [3.05, 3.63) is 57.3 Å². The van der Waals surface area contributed by atoms with E-state index in [1.165, 1.54) is 11.3 Å². The normalized spacial score (nSPS) is 13.9. The molecule has 0 saturated carbocycles. The van der Waals surface area contributed by atoms with Crippen LogP contribution >= 0.6 is 11.3 Å². The Hall–Kier alpha value is -1.42. The maximum Gasteiger partial charge on any atom is 0.416 e. The highest BCUT2D eigenvalue weighted by atomic mass is 32.2. The average molecular weight is 379 g/mol. The van der Waals surface area contributed by atoms with Gasteiger partial charge in [-0.25, -0.2) is 13.1 Å². The third kappa shape index (κ3) is 5.04. The number of aryl methyl sites for hydroxylation is 1. The van der Waals surface area contributed by atoms with Crippen molar-refractivity contribution in [2.75, 3.05) is 6.54 Å². The highest BCUT2D eigenvalue weighted by Gasteiger charge is 2.30. The SMILES string of the molecule is Cc1ccsc1[C@@H](O)CNS(=O)(=O)Cc1ccc(C(F)(F)F)cc1. The summed E-state index contributed by atoms with van der Waals surface area (Å²) in [4.78, 5) is 0.673. The summed E-state index contributed by atoms with van der Waals surface area (Å²) >= 11 is 1.32. The van der Waals surface area contributed by atoms with E-state index in [1.54, 1.807) is 5.38 Å². The third-order valence-electron chi connectivity index (χ3n) is 3.34. The molecule has 1 heterocycles. The molecule has 0 radical (unpaired) electrons. The van der Waals surface area contributed by atoms with Crippen LogP contribution in [0.2, 0.25) is 0 Å². The van der Waals surface area contributed by atoms with Crippen LogP contribution in [0, 0.1) is 6.92 Å². The van der Waals surface area contributed by atoms with E-state index in [-0.39, 0.29) is 12.1 Å². The van der Waals surface area contributed by atoms with Crippen LogP contribution in [0.1, 0.15) is 27.7 Å². The minimum Gasteiger partial charge on any atom is -0.386 e. The number of sulfonamides is 1. The van der Waals surface area contributed by atoms with Gasteiger partial charge in [-0.05, 0) is 41.6 Å². The summed E-state index contributed by atoms with van der Waals surface area (Å²) in [6.45, 7) is 1.62. The van der Waals surface area contributed by atoms with Crippen LogP contribution in [-0.2, 0) is 22.0 Å². The first-order valence-corrected chi connectivity index (χ1v) is 9.47. The number of rotatable bonds is 6. The second-order valence-electron chi connectivity index (χ2n) is 5.29. The second-order valence-corrected chi connectivity index (χ2v) is 8.04. The number of alkyl halides is 3. The minimum absolute atomic E-state index is 0.190. The standard InChI is InChI=1S/C15H16F3NO3S2/c1-10-6-7-23-14(10)13(20)8-19-24(21,22)9-11-2-4-12(5-3-11)15(16,17)18/h2-7,13,19-20H,8-9H2,1H3/t13-/m0/s1. The molecule has 0 fully saturated rings. The van der Waals surface area contributed by atoms with E-state index in [9.17, 15) is 26.7 Å². The lowest BCUT2D eigenvalue weighted by Crippen LogP contribution is -2.29. The Kier molecular flexibility index (Phi) is 5.69. The van der Waals surface area contributed by atoms with Crippen molar-refractivity contribution in [2.24, 2.45) is 0 Å². The largest absolute Gasteiger partial charge is 0.416 e. The van der Waals surface area contributed by atoms with Gasteiger partial charge in [-0.1, -0.05) is 12.1 Å². The van der Waals surface area contributed by atoms with Crippen molar-refractivity contribution >= 4 is 21.4 Å². The molecule has 0 saturated heterocycles. The van der Waals surface area contributed by atoms with E-state index in [4.69, 9.17) is 0 Å². The minimum atomic E-state index is -4.46. The number of nitrogens with one attached hydrogen (secondary N) is 1. The first-order chi connectivity index (χ1) is 11.1. The van der Waals surface area contributed by atoms with E-state index in [0.29, 0.717) is 4.88 Å². The lowest BCUT2D eigenvalue weighted by Gasteiger charge is -2.12. The van der Waals surface area contributed by atoms with Crippen molar-refractivity contribution in [2.45, 2.75) is 25.0 Å². The fourth-order valence-electron chi connectivity index (χ4n) is 2.08. The average Bonchev–Trinajstić information content (AvgIpc) is 2.90. The van der Waals surface area contributed by atoms with E-state index >= 15 is 0 Å². The molecule has 1 aromatic carbocycles. The van der Waals surface area contributed by atoms with E-state index in [2.05, 4.69) is 4.72 Å². The van der Waals surface area contributed by atoms with E-state index < -0.39 is 33.6 Å². The Balaban J connectivity index is 1.97. The van der Waals surface area contributed by atoms with Gasteiger partial charge in [0.2, 0.25) is 10.0 Å². The number of aliphatic hydroxyl groups excluding tert-OH is 1. The third-order valence-corrected chi connectivity index (χ3v) is 5.78. The predicted octanol–water partition coefficient (Wildman–Crippen LogP) is 3.23. The molecular weight excluding hydrogens is 363 g/mol. The van der Waals surface area contributed by atoms with Gasteiger partial charge in [-0.2, -0.15) is 13.2 Å². The fourth-order valence-corrected chi connectivity index (χ4v) is 4.14.